The summed E-state index contributed by atoms with van der Waals surface area (Å²) < 4.78 is 0. The first kappa shape index (κ1) is 11.4. The van der Waals surface area contributed by atoms with E-state index in [1.165, 1.54) is 19.3 Å². The van der Waals surface area contributed by atoms with E-state index >= 15 is 0 Å². The average molecular weight is 166 g/mol. The Morgan fingerprint density at radius 3 is 2.67 bits per heavy atom. The van der Waals surface area contributed by atoms with Crippen molar-refractivity contribution < 1.29 is 0 Å². The summed E-state index contributed by atoms with van der Waals surface area (Å²) in [5, 5.41) is 3.29. The summed E-state index contributed by atoms with van der Waals surface area (Å²) in [6, 6.07) is 0.542. The molecule has 0 heterocycles. The van der Waals surface area contributed by atoms with E-state index in [0.29, 0.717) is 6.04 Å². The fourth-order valence-corrected chi connectivity index (χ4v) is 1.13. The van der Waals surface area contributed by atoms with E-state index in [9.17, 15) is 0 Å². The van der Waals surface area contributed by atoms with Crippen LogP contribution in [0.4, 0.5) is 0 Å². The fourth-order valence-electron chi connectivity index (χ4n) is 1.13. The molecular weight excluding hydrogens is 146 g/mol. The molecule has 0 spiro atoms. The van der Waals surface area contributed by atoms with Crippen molar-refractivity contribution in [3.8, 4) is 0 Å². The van der Waals surface area contributed by atoms with Crippen LogP contribution >= 0.6 is 0 Å². The van der Waals surface area contributed by atoms with Crippen LogP contribution < -0.4 is 5.32 Å². The Morgan fingerprint density at radius 1 is 1.42 bits per heavy atom. The maximum atomic E-state index is 3.74. The van der Waals surface area contributed by atoms with Crippen LogP contribution in [0.1, 0.15) is 32.6 Å². The second-order valence-corrected chi connectivity index (χ2v) is 2.93. The SMILES string of the molecule is C=C[CH]NC(CC=C)CCCC. The minimum atomic E-state index is 0.542. The molecule has 1 heteroatoms. The maximum absolute atomic E-state index is 3.74. The average Bonchev–Trinajstić information content (AvgIpc) is 2.10. The van der Waals surface area contributed by atoms with Crippen molar-refractivity contribution in [3.63, 3.8) is 0 Å². The van der Waals surface area contributed by atoms with Gasteiger partial charge < -0.3 is 5.32 Å². The molecule has 69 valence electrons. The fraction of sp³-hybridized carbons (Fsp3) is 0.545. The van der Waals surface area contributed by atoms with E-state index in [2.05, 4.69) is 25.4 Å². The van der Waals surface area contributed by atoms with Crippen LogP contribution in [0.3, 0.4) is 0 Å². The molecular formula is C11H20N. The highest BCUT2D eigenvalue weighted by Crippen LogP contribution is 2.05. The smallest absolute Gasteiger partial charge is 0.0441 e. The summed E-state index contributed by atoms with van der Waals surface area (Å²) in [5.74, 6) is 0. The third kappa shape index (κ3) is 6.17. The molecule has 0 aromatic rings. The summed E-state index contributed by atoms with van der Waals surface area (Å²) in [5.41, 5.74) is 0. The van der Waals surface area contributed by atoms with Crippen molar-refractivity contribution in [2.45, 2.75) is 38.6 Å². The van der Waals surface area contributed by atoms with E-state index in [1.807, 2.05) is 12.6 Å². The van der Waals surface area contributed by atoms with Gasteiger partial charge in [-0.3, -0.25) is 0 Å². The van der Waals surface area contributed by atoms with Crippen LogP contribution in [0.5, 0.6) is 0 Å². The summed E-state index contributed by atoms with van der Waals surface area (Å²) in [6.45, 7) is 11.5. The zero-order valence-corrected chi connectivity index (χ0v) is 8.05. The van der Waals surface area contributed by atoms with Crippen molar-refractivity contribution in [2.75, 3.05) is 0 Å². The molecule has 0 bridgehead atoms. The molecule has 0 aromatic carbocycles. The van der Waals surface area contributed by atoms with E-state index in [1.54, 1.807) is 6.08 Å². The molecule has 0 rings (SSSR count). The minimum Gasteiger partial charge on any atom is -0.306 e. The Hall–Kier alpha value is -0.560. The van der Waals surface area contributed by atoms with E-state index in [4.69, 9.17) is 0 Å². The molecule has 1 radical (unpaired) electrons. The maximum Gasteiger partial charge on any atom is 0.0441 e. The highest BCUT2D eigenvalue weighted by atomic mass is 14.9. The predicted octanol–water partition coefficient (Wildman–Crippen LogP) is 3.06. The van der Waals surface area contributed by atoms with Gasteiger partial charge in [-0.2, -0.15) is 0 Å². The molecule has 0 saturated heterocycles. The second-order valence-electron chi connectivity index (χ2n) is 2.93. The summed E-state index contributed by atoms with van der Waals surface area (Å²) >= 11 is 0. The lowest BCUT2D eigenvalue weighted by atomic mass is 10.1. The van der Waals surface area contributed by atoms with Gasteiger partial charge >= 0.3 is 0 Å². The lowest BCUT2D eigenvalue weighted by molar-refractivity contribution is 0.511. The highest BCUT2D eigenvalue weighted by molar-refractivity contribution is 4.89. The summed E-state index contributed by atoms with van der Waals surface area (Å²) in [4.78, 5) is 0. The van der Waals surface area contributed by atoms with Gasteiger partial charge in [0.15, 0.2) is 0 Å². The molecule has 1 atom stereocenters. The third-order valence-electron chi connectivity index (χ3n) is 1.81. The van der Waals surface area contributed by atoms with Crippen LogP contribution in [-0.4, -0.2) is 6.04 Å². The van der Waals surface area contributed by atoms with Crippen molar-refractivity contribution in [1.82, 2.24) is 5.32 Å². The van der Waals surface area contributed by atoms with Gasteiger partial charge in [0.2, 0.25) is 0 Å². The molecule has 0 amide bonds. The highest BCUT2D eigenvalue weighted by Gasteiger charge is 2.03. The van der Waals surface area contributed by atoms with Gasteiger partial charge in [0, 0.05) is 12.6 Å². The second kappa shape index (κ2) is 8.54. The molecule has 0 aliphatic carbocycles. The lowest BCUT2D eigenvalue weighted by Gasteiger charge is -2.14. The van der Waals surface area contributed by atoms with Crippen LogP contribution in [0, 0.1) is 6.54 Å². The van der Waals surface area contributed by atoms with Crippen LogP contribution in [0.2, 0.25) is 0 Å². The van der Waals surface area contributed by atoms with Crippen LogP contribution in [0.25, 0.3) is 0 Å². The molecule has 12 heavy (non-hydrogen) atoms. The number of unbranched alkanes of at least 4 members (excludes halogenated alkanes) is 1. The van der Waals surface area contributed by atoms with Gasteiger partial charge in [-0.1, -0.05) is 31.9 Å². The van der Waals surface area contributed by atoms with Gasteiger partial charge in [-0.15, -0.1) is 13.2 Å². The van der Waals surface area contributed by atoms with Gasteiger partial charge in [-0.05, 0) is 12.8 Å². The van der Waals surface area contributed by atoms with Crippen molar-refractivity contribution in [1.29, 1.82) is 0 Å². The summed E-state index contributed by atoms with van der Waals surface area (Å²) in [6.07, 6.45) is 8.52. The van der Waals surface area contributed by atoms with Gasteiger partial charge in [0.1, 0.15) is 0 Å². The van der Waals surface area contributed by atoms with Crippen molar-refractivity contribution in [2.24, 2.45) is 0 Å². The normalized spacial score (nSPS) is 12.4. The van der Waals surface area contributed by atoms with E-state index in [0.717, 1.165) is 6.42 Å². The number of hydrogen-bond donors (Lipinski definition) is 1. The Kier molecular flexibility index (Phi) is 8.14. The third-order valence-corrected chi connectivity index (χ3v) is 1.81. The first-order valence-electron chi connectivity index (χ1n) is 4.66. The topological polar surface area (TPSA) is 12.0 Å². The predicted molar refractivity (Wildman–Crippen MR) is 55.8 cm³/mol. The van der Waals surface area contributed by atoms with Crippen LogP contribution in [0.15, 0.2) is 25.3 Å². The molecule has 0 saturated carbocycles. The van der Waals surface area contributed by atoms with Crippen molar-refractivity contribution in [3.05, 3.63) is 31.9 Å². The Morgan fingerprint density at radius 2 is 2.17 bits per heavy atom. The molecule has 1 nitrogen and oxygen atoms in total. The van der Waals surface area contributed by atoms with Gasteiger partial charge in [-0.25, -0.2) is 0 Å². The monoisotopic (exact) mass is 166 g/mol. The van der Waals surface area contributed by atoms with Crippen molar-refractivity contribution >= 4 is 0 Å². The standard InChI is InChI=1S/C11H20N/c1-4-7-9-11(8-5-2)12-10-6-3/h5-6,10-12H,2-4,7-9H2,1H3. The first-order valence-corrected chi connectivity index (χ1v) is 4.66. The van der Waals surface area contributed by atoms with E-state index < -0.39 is 0 Å². The molecule has 0 aromatic heterocycles. The largest absolute Gasteiger partial charge is 0.306 e. The molecule has 1 unspecified atom stereocenters. The lowest BCUT2D eigenvalue weighted by Crippen LogP contribution is -2.25. The number of hydrogen-bond acceptors (Lipinski definition) is 1. The molecule has 0 aliphatic rings. The van der Waals surface area contributed by atoms with Crippen LogP contribution in [-0.2, 0) is 0 Å². The summed E-state index contributed by atoms with van der Waals surface area (Å²) in [7, 11) is 0. The Bertz CT molecular complexity index is 118. The zero-order chi connectivity index (χ0) is 9.23. The minimum absolute atomic E-state index is 0.542. The molecule has 1 N–H and O–H groups in total. The van der Waals surface area contributed by atoms with E-state index in [-0.39, 0.29) is 0 Å². The zero-order valence-electron chi connectivity index (χ0n) is 8.05. The molecule has 0 aliphatic heterocycles. The number of rotatable bonds is 8. The molecule has 0 fully saturated rings. The van der Waals surface area contributed by atoms with Gasteiger partial charge in [0.05, 0.1) is 0 Å². The Balaban J connectivity index is 3.52. The first-order chi connectivity index (χ1) is 5.85. The number of nitrogens with one attached hydrogen (secondary N) is 1. The van der Waals surface area contributed by atoms with Gasteiger partial charge in [0.25, 0.3) is 0 Å². The Labute approximate surface area is 76.6 Å². The quantitative estimate of drug-likeness (QED) is 0.546.